The molecule has 1 N–H and O–H groups in total. The molecule has 2 rings (SSSR count). The van der Waals surface area contributed by atoms with E-state index in [0.717, 1.165) is 6.54 Å². The summed E-state index contributed by atoms with van der Waals surface area (Å²) in [6.45, 7) is 0.756. The first-order valence-electron chi connectivity index (χ1n) is 6.42. The second-order valence-corrected chi connectivity index (χ2v) is 6.14. The van der Waals surface area contributed by atoms with Gasteiger partial charge in [-0.1, -0.05) is 12.8 Å². The van der Waals surface area contributed by atoms with Gasteiger partial charge in [0.05, 0.1) is 5.88 Å². The summed E-state index contributed by atoms with van der Waals surface area (Å²) in [6.07, 6.45) is 4.89. The molecule has 0 bridgehead atoms. The highest BCUT2D eigenvalue weighted by molar-refractivity contribution is 7.99. The predicted molar refractivity (Wildman–Crippen MR) is 70.6 cm³/mol. The smallest absolute Gasteiger partial charge is 0.327 e. The Kier molecular flexibility index (Phi) is 4.37. The van der Waals surface area contributed by atoms with Crippen molar-refractivity contribution >= 4 is 23.8 Å². The first kappa shape index (κ1) is 13.5. The molecule has 2 aliphatic rings. The van der Waals surface area contributed by atoms with Crippen molar-refractivity contribution in [2.24, 2.45) is 5.92 Å². The molecule has 1 saturated carbocycles. The van der Waals surface area contributed by atoms with Gasteiger partial charge in [-0.3, -0.25) is 0 Å². The Bertz CT molecular complexity index is 331. The summed E-state index contributed by atoms with van der Waals surface area (Å²) in [7, 11) is 1.78. The third kappa shape index (κ3) is 2.91. The zero-order valence-electron chi connectivity index (χ0n) is 10.7. The summed E-state index contributed by atoms with van der Waals surface area (Å²) >= 11 is 1.50. The van der Waals surface area contributed by atoms with Crippen molar-refractivity contribution in [2.45, 2.75) is 31.7 Å². The largest absolute Gasteiger partial charge is 0.480 e. The third-order valence-corrected chi connectivity index (χ3v) is 4.76. The number of carbonyl (C=O) groups is 2. The molecule has 18 heavy (non-hydrogen) atoms. The first-order chi connectivity index (χ1) is 8.59. The number of carboxylic acids is 1. The molecule has 1 heterocycles. The van der Waals surface area contributed by atoms with Crippen molar-refractivity contribution in [1.29, 1.82) is 0 Å². The van der Waals surface area contributed by atoms with Crippen LogP contribution in [0.1, 0.15) is 25.7 Å². The minimum Gasteiger partial charge on any atom is -0.480 e. The Morgan fingerprint density at radius 2 is 2.06 bits per heavy atom. The molecule has 2 fully saturated rings. The van der Waals surface area contributed by atoms with Gasteiger partial charge in [-0.15, -0.1) is 11.8 Å². The highest BCUT2D eigenvalue weighted by Gasteiger charge is 2.36. The quantitative estimate of drug-likeness (QED) is 0.849. The molecule has 1 aliphatic heterocycles. The van der Waals surface area contributed by atoms with Crippen LogP contribution in [-0.4, -0.2) is 58.2 Å². The Morgan fingerprint density at radius 1 is 1.39 bits per heavy atom. The average molecular weight is 272 g/mol. The van der Waals surface area contributed by atoms with Gasteiger partial charge >= 0.3 is 12.0 Å². The van der Waals surface area contributed by atoms with Crippen LogP contribution in [0.15, 0.2) is 0 Å². The van der Waals surface area contributed by atoms with Gasteiger partial charge in [0.1, 0.15) is 6.04 Å². The molecular weight excluding hydrogens is 252 g/mol. The van der Waals surface area contributed by atoms with Crippen LogP contribution in [0, 0.1) is 5.92 Å². The number of amides is 2. The van der Waals surface area contributed by atoms with Crippen LogP contribution >= 0.6 is 11.8 Å². The minimum atomic E-state index is -0.900. The molecule has 5 nitrogen and oxygen atoms in total. The summed E-state index contributed by atoms with van der Waals surface area (Å²) in [5.41, 5.74) is 0. The Hall–Kier alpha value is -0.910. The maximum atomic E-state index is 12.2. The van der Waals surface area contributed by atoms with Crippen LogP contribution in [-0.2, 0) is 4.79 Å². The number of nitrogens with zero attached hydrogens (tertiary/aromatic N) is 2. The van der Waals surface area contributed by atoms with Crippen molar-refractivity contribution in [2.75, 3.05) is 25.2 Å². The van der Waals surface area contributed by atoms with Crippen LogP contribution in [0.4, 0.5) is 4.79 Å². The van der Waals surface area contributed by atoms with Gasteiger partial charge < -0.3 is 14.9 Å². The molecule has 0 aromatic heterocycles. The van der Waals surface area contributed by atoms with E-state index in [2.05, 4.69) is 0 Å². The molecule has 6 heteroatoms. The standard InChI is InChI=1S/C12H20N2O3S/c1-13(6-9-4-2-3-5-9)12(17)14-8-18-7-10(14)11(15)16/h9-10H,2-8H2,1H3,(H,15,16)/t10-/m1/s1. The zero-order chi connectivity index (χ0) is 13.1. The molecule has 0 radical (unpaired) electrons. The number of carboxylic acid groups (broad SMARTS) is 1. The molecular formula is C12H20N2O3S. The maximum absolute atomic E-state index is 12.2. The van der Waals surface area contributed by atoms with E-state index in [1.54, 1.807) is 11.9 Å². The number of aliphatic carboxylic acids is 1. The lowest BCUT2D eigenvalue weighted by molar-refractivity contribution is -0.140. The number of rotatable bonds is 3. The molecule has 0 aromatic carbocycles. The van der Waals surface area contributed by atoms with E-state index in [-0.39, 0.29) is 6.03 Å². The van der Waals surface area contributed by atoms with Gasteiger partial charge in [-0.05, 0) is 18.8 Å². The number of thioether (sulfide) groups is 1. The monoisotopic (exact) mass is 272 g/mol. The Labute approximate surface area is 112 Å². The van der Waals surface area contributed by atoms with Crippen molar-refractivity contribution < 1.29 is 14.7 Å². The topological polar surface area (TPSA) is 60.9 Å². The van der Waals surface area contributed by atoms with Gasteiger partial charge in [-0.2, -0.15) is 0 Å². The number of hydrogen-bond acceptors (Lipinski definition) is 3. The average Bonchev–Trinajstić information content (AvgIpc) is 2.97. The van der Waals surface area contributed by atoms with Crippen LogP contribution < -0.4 is 0 Å². The lowest BCUT2D eigenvalue weighted by atomic mass is 10.1. The summed E-state index contributed by atoms with van der Waals surface area (Å²) in [4.78, 5) is 26.4. The van der Waals surface area contributed by atoms with E-state index in [1.165, 1.54) is 42.3 Å². The number of carbonyl (C=O) groups excluding carboxylic acids is 1. The van der Waals surface area contributed by atoms with E-state index < -0.39 is 12.0 Å². The lowest BCUT2D eigenvalue weighted by Gasteiger charge is -2.28. The van der Waals surface area contributed by atoms with E-state index in [9.17, 15) is 9.59 Å². The van der Waals surface area contributed by atoms with Crippen molar-refractivity contribution in [3.63, 3.8) is 0 Å². The predicted octanol–water partition coefficient (Wildman–Crippen LogP) is 1.69. The van der Waals surface area contributed by atoms with E-state index >= 15 is 0 Å². The fourth-order valence-electron chi connectivity index (χ4n) is 2.71. The van der Waals surface area contributed by atoms with E-state index in [4.69, 9.17) is 5.11 Å². The molecule has 0 unspecified atom stereocenters. The van der Waals surface area contributed by atoms with Gasteiger partial charge in [0.2, 0.25) is 0 Å². The third-order valence-electron chi connectivity index (χ3n) is 3.75. The van der Waals surface area contributed by atoms with Crippen LogP contribution in [0.5, 0.6) is 0 Å². The highest BCUT2D eigenvalue weighted by Crippen LogP contribution is 2.27. The normalized spacial score (nSPS) is 24.5. The lowest BCUT2D eigenvalue weighted by Crippen LogP contribution is -2.48. The van der Waals surface area contributed by atoms with Gasteiger partial charge in [-0.25, -0.2) is 9.59 Å². The van der Waals surface area contributed by atoms with Crippen molar-refractivity contribution in [1.82, 2.24) is 9.80 Å². The SMILES string of the molecule is CN(CC1CCCC1)C(=O)N1CSC[C@@H]1C(=O)O. The highest BCUT2D eigenvalue weighted by atomic mass is 32.2. The maximum Gasteiger partial charge on any atom is 0.327 e. The molecule has 1 aliphatic carbocycles. The van der Waals surface area contributed by atoms with E-state index in [0.29, 0.717) is 17.5 Å². The molecule has 1 atom stereocenters. The molecule has 1 saturated heterocycles. The van der Waals surface area contributed by atoms with Crippen LogP contribution in [0.3, 0.4) is 0 Å². The summed E-state index contributed by atoms with van der Waals surface area (Å²) in [6, 6.07) is -0.798. The second kappa shape index (κ2) is 5.82. The Balaban J connectivity index is 1.90. The van der Waals surface area contributed by atoms with Crippen molar-refractivity contribution in [3.8, 4) is 0 Å². The molecule has 2 amide bonds. The van der Waals surface area contributed by atoms with Crippen molar-refractivity contribution in [3.05, 3.63) is 0 Å². The van der Waals surface area contributed by atoms with Gasteiger partial charge in [0, 0.05) is 19.3 Å². The second-order valence-electron chi connectivity index (χ2n) is 5.14. The summed E-state index contributed by atoms with van der Waals surface area (Å²) in [5.74, 6) is 0.684. The summed E-state index contributed by atoms with van der Waals surface area (Å²) < 4.78 is 0. The number of hydrogen-bond donors (Lipinski definition) is 1. The molecule has 102 valence electrons. The van der Waals surface area contributed by atoms with Gasteiger partial charge in [0.25, 0.3) is 0 Å². The fourth-order valence-corrected chi connectivity index (χ4v) is 3.85. The molecule has 0 spiro atoms. The fraction of sp³-hybridized carbons (Fsp3) is 0.833. The number of urea groups is 1. The first-order valence-corrected chi connectivity index (χ1v) is 7.57. The Morgan fingerprint density at radius 3 is 2.67 bits per heavy atom. The van der Waals surface area contributed by atoms with Crippen LogP contribution in [0.25, 0.3) is 0 Å². The summed E-state index contributed by atoms with van der Waals surface area (Å²) in [5, 5.41) is 9.07. The molecule has 0 aromatic rings. The van der Waals surface area contributed by atoms with E-state index in [1.807, 2.05) is 0 Å². The van der Waals surface area contributed by atoms with Gasteiger partial charge in [0.15, 0.2) is 0 Å². The zero-order valence-corrected chi connectivity index (χ0v) is 11.5. The van der Waals surface area contributed by atoms with Crippen LogP contribution in [0.2, 0.25) is 0 Å². The minimum absolute atomic E-state index is 0.140.